The number of pyridine rings is 1. The summed E-state index contributed by atoms with van der Waals surface area (Å²) in [6.45, 7) is 1.96. The monoisotopic (exact) mass is 390 g/mol. The van der Waals surface area contributed by atoms with Gasteiger partial charge in [-0.3, -0.25) is 9.20 Å². The van der Waals surface area contributed by atoms with Crippen LogP contribution in [0.2, 0.25) is 0 Å². The van der Waals surface area contributed by atoms with E-state index < -0.39 is 0 Å². The molecule has 4 rings (SSSR count). The number of benzene rings is 1. The highest BCUT2D eigenvalue weighted by molar-refractivity contribution is 5.91. The minimum absolute atomic E-state index is 0.217. The number of hydrogen-bond acceptors (Lipinski definition) is 7. The summed E-state index contributed by atoms with van der Waals surface area (Å²) in [6, 6.07) is 11.1. The summed E-state index contributed by atoms with van der Waals surface area (Å²) in [5.41, 5.74) is 2.12. The third-order valence-electron chi connectivity index (χ3n) is 4.21. The van der Waals surface area contributed by atoms with Crippen LogP contribution >= 0.6 is 0 Å². The molecule has 1 amide bonds. The number of aromatic nitrogens is 5. The lowest BCUT2D eigenvalue weighted by Gasteiger charge is -2.03. The molecule has 0 aliphatic heterocycles. The van der Waals surface area contributed by atoms with Gasteiger partial charge in [0.15, 0.2) is 17.3 Å². The summed E-state index contributed by atoms with van der Waals surface area (Å²) in [4.78, 5) is 16.4. The molecule has 1 aromatic carbocycles. The first-order chi connectivity index (χ1) is 14.1. The molecular formula is C20H18N6O3. The number of carbonyl (C=O) groups is 1. The Bertz CT molecular complexity index is 1190. The van der Waals surface area contributed by atoms with Gasteiger partial charge >= 0.3 is 0 Å². The van der Waals surface area contributed by atoms with Crippen molar-refractivity contribution in [3.8, 4) is 17.2 Å². The van der Waals surface area contributed by atoms with Crippen LogP contribution in [0.1, 0.15) is 17.2 Å². The first-order valence-electron chi connectivity index (χ1n) is 8.87. The Kier molecular flexibility index (Phi) is 5.02. The van der Waals surface area contributed by atoms with Crippen LogP contribution in [0, 0.1) is 6.92 Å². The molecule has 0 unspecified atom stereocenters. The van der Waals surface area contributed by atoms with E-state index in [0.29, 0.717) is 28.8 Å². The van der Waals surface area contributed by atoms with Gasteiger partial charge in [-0.05, 0) is 42.8 Å². The zero-order valence-electron chi connectivity index (χ0n) is 15.9. The van der Waals surface area contributed by atoms with Gasteiger partial charge < -0.3 is 14.6 Å². The highest BCUT2D eigenvalue weighted by Gasteiger charge is 2.15. The van der Waals surface area contributed by atoms with E-state index in [1.54, 1.807) is 24.5 Å². The quantitative estimate of drug-likeness (QED) is 0.504. The highest BCUT2D eigenvalue weighted by atomic mass is 16.5. The van der Waals surface area contributed by atoms with Gasteiger partial charge in [0.25, 0.3) is 5.89 Å². The number of fused-ring (bicyclic) bond motifs is 1. The van der Waals surface area contributed by atoms with Crippen molar-refractivity contribution < 1.29 is 14.1 Å². The van der Waals surface area contributed by atoms with Gasteiger partial charge in [0, 0.05) is 12.3 Å². The second kappa shape index (κ2) is 7.93. The van der Waals surface area contributed by atoms with Gasteiger partial charge in [-0.15, -0.1) is 10.2 Å². The predicted octanol–water partition coefficient (Wildman–Crippen LogP) is 2.43. The number of rotatable bonds is 6. The maximum absolute atomic E-state index is 12.2. The Morgan fingerprint density at radius 3 is 2.97 bits per heavy atom. The van der Waals surface area contributed by atoms with Crippen molar-refractivity contribution >= 4 is 17.6 Å². The molecule has 0 spiro atoms. The molecule has 3 aromatic heterocycles. The normalized spacial score (nSPS) is 11.2. The topological polar surface area (TPSA) is 107 Å². The van der Waals surface area contributed by atoms with Gasteiger partial charge in [0.05, 0.1) is 19.2 Å². The molecule has 146 valence electrons. The Labute approximate surface area is 166 Å². The lowest BCUT2D eigenvalue weighted by Crippen LogP contribution is -2.21. The van der Waals surface area contributed by atoms with Crippen LogP contribution in [-0.2, 0) is 11.3 Å². The number of ether oxygens (including phenoxy) is 1. The van der Waals surface area contributed by atoms with Crippen molar-refractivity contribution in [3.05, 3.63) is 65.9 Å². The summed E-state index contributed by atoms with van der Waals surface area (Å²) in [5, 5.41) is 15.0. The van der Waals surface area contributed by atoms with Crippen molar-refractivity contribution in [2.45, 2.75) is 13.5 Å². The minimum Gasteiger partial charge on any atom is -0.497 e. The van der Waals surface area contributed by atoms with Crippen molar-refractivity contribution in [2.24, 2.45) is 0 Å². The number of nitrogens with one attached hydrogen (secondary N) is 1. The molecule has 0 bridgehead atoms. The molecule has 3 heterocycles. The van der Waals surface area contributed by atoms with E-state index in [-0.39, 0.29) is 12.5 Å². The van der Waals surface area contributed by atoms with Gasteiger partial charge in [-0.25, -0.2) is 0 Å². The summed E-state index contributed by atoms with van der Waals surface area (Å²) >= 11 is 0. The lowest BCUT2D eigenvalue weighted by molar-refractivity contribution is -0.116. The van der Waals surface area contributed by atoms with Crippen LogP contribution in [0.25, 0.3) is 23.2 Å². The molecule has 0 saturated heterocycles. The fourth-order valence-corrected chi connectivity index (χ4v) is 2.80. The third kappa shape index (κ3) is 3.98. The van der Waals surface area contributed by atoms with Crippen molar-refractivity contribution in [1.82, 2.24) is 30.1 Å². The fourth-order valence-electron chi connectivity index (χ4n) is 2.80. The van der Waals surface area contributed by atoms with Crippen LogP contribution in [0.5, 0.6) is 5.75 Å². The van der Waals surface area contributed by atoms with E-state index >= 15 is 0 Å². The molecule has 0 fully saturated rings. The fraction of sp³-hybridized carbons (Fsp3) is 0.150. The largest absolute Gasteiger partial charge is 0.497 e. The number of aryl methyl sites for hydroxylation is 1. The first-order valence-corrected chi connectivity index (χ1v) is 8.87. The van der Waals surface area contributed by atoms with Crippen LogP contribution in [0.3, 0.4) is 0 Å². The first kappa shape index (κ1) is 18.4. The Morgan fingerprint density at radius 2 is 2.17 bits per heavy atom. The molecule has 9 nitrogen and oxygen atoms in total. The Hall–Kier alpha value is -4.01. The number of methoxy groups -OCH3 is 1. The van der Waals surface area contributed by atoms with Gasteiger partial charge in [0.1, 0.15) is 5.75 Å². The summed E-state index contributed by atoms with van der Waals surface area (Å²) in [7, 11) is 1.60. The number of hydrogen-bond donors (Lipinski definition) is 1. The second-order valence-corrected chi connectivity index (χ2v) is 6.21. The number of nitrogens with zero attached hydrogens (tertiary/aromatic N) is 5. The SMILES string of the molecule is COc1cccc(/C=C/C(=O)NCc2nnc3c(-c4nc(C)no4)cccn23)c1. The lowest BCUT2D eigenvalue weighted by atomic mass is 10.2. The van der Waals surface area contributed by atoms with E-state index in [4.69, 9.17) is 9.26 Å². The summed E-state index contributed by atoms with van der Waals surface area (Å²) < 4.78 is 12.2. The predicted molar refractivity (Wildman–Crippen MR) is 105 cm³/mol. The Balaban J connectivity index is 1.47. The molecule has 0 atom stereocenters. The molecule has 0 saturated carbocycles. The molecule has 29 heavy (non-hydrogen) atoms. The molecule has 1 N–H and O–H groups in total. The van der Waals surface area contributed by atoms with Crippen LogP contribution in [0.15, 0.2) is 53.2 Å². The van der Waals surface area contributed by atoms with Crippen LogP contribution in [0.4, 0.5) is 0 Å². The van der Waals surface area contributed by atoms with E-state index in [1.165, 1.54) is 6.08 Å². The molecule has 4 aromatic rings. The van der Waals surface area contributed by atoms with E-state index in [1.807, 2.05) is 42.6 Å². The summed E-state index contributed by atoms with van der Waals surface area (Å²) in [6.07, 6.45) is 5.00. The smallest absolute Gasteiger partial charge is 0.261 e. The molecule has 9 heteroatoms. The van der Waals surface area contributed by atoms with Crippen LogP contribution < -0.4 is 10.1 Å². The van der Waals surface area contributed by atoms with Gasteiger partial charge in [-0.2, -0.15) is 4.98 Å². The zero-order valence-corrected chi connectivity index (χ0v) is 15.9. The molecule has 0 aliphatic rings. The van der Waals surface area contributed by atoms with Crippen molar-refractivity contribution in [2.75, 3.05) is 7.11 Å². The van der Waals surface area contributed by atoms with E-state index in [0.717, 1.165) is 11.3 Å². The molecule has 0 radical (unpaired) electrons. The number of carbonyl (C=O) groups excluding carboxylic acids is 1. The van der Waals surface area contributed by atoms with Gasteiger partial charge in [-0.1, -0.05) is 17.3 Å². The van der Waals surface area contributed by atoms with Crippen molar-refractivity contribution in [3.63, 3.8) is 0 Å². The minimum atomic E-state index is -0.242. The average Bonchev–Trinajstić information content (AvgIpc) is 3.37. The zero-order chi connectivity index (χ0) is 20.2. The highest BCUT2D eigenvalue weighted by Crippen LogP contribution is 2.22. The maximum atomic E-state index is 12.2. The number of amides is 1. The van der Waals surface area contributed by atoms with E-state index in [9.17, 15) is 4.79 Å². The molecular weight excluding hydrogens is 372 g/mol. The average molecular weight is 390 g/mol. The van der Waals surface area contributed by atoms with E-state index in [2.05, 4.69) is 25.7 Å². The maximum Gasteiger partial charge on any atom is 0.261 e. The second-order valence-electron chi connectivity index (χ2n) is 6.21. The standard InChI is InChI=1S/C20H18N6O3/c1-13-22-20(29-25-13)16-7-4-10-26-17(23-24-19(16)26)12-21-18(27)9-8-14-5-3-6-15(11-14)28-2/h3-11H,12H2,1-2H3,(H,21,27)/b9-8+. The molecule has 0 aliphatic carbocycles. The summed E-state index contributed by atoms with van der Waals surface area (Å²) in [5.74, 6) is 1.98. The van der Waals surface area contributed by atoms with Crippen LogP contribution in [-0.4, -0.2) is 37.8 Å². The third-order valence-corrected chi connectivity index (χ3v) is 4.21. The Morgan fingerprint density at radius 1 is 1.28 bits per heavy atom. The van der Waals surface area contributed by atoms with Crippen molar-refractivity contribution in [1.29, 1.82) is 0 Å². The van der Waals surface area contributed by atoms with Gasteiger partial charge in [0.2, 0.25) is 5.91 Å².